The first-order valence-corrected chi connectivity index (χ1v) is 4.93. The van der Waals surface area contributed by atoms with Crippen molar-refractivity contribution in [3.8, 4) is 0 Å². The normalized spacial score (nSPS) is 24.1. The van der Waals surface area contributed by atoms with Crippen LogP contribution in [0.4, 0.5) is 0 Å². The van der Waals surface area contributed by atoms with Crippen molar-refractivity contribution in [2.45, 2.75) is 25.8 Å². The molecule has 80 valence electrons. The lowest BCUT2D eigenvalue weighted by Gasteiger charge is -2.23. The average molecular weight is 207 g/mol. The lowest BCUT2D eigenvalue weighted by atomic mass is 10.1. The quantitative estimate of drug-likeness (QED) is 0.719. The van der Waals surface area contributed by atoms with Gasteiger partial charge < -0.3 is 10.2 Å². The van der Waals surface area contributed by atoms with Crippen molar-refractivity contribution in [2.24, 2.45) is 0 Å². The van der Waals surface area contributed by atoms with Crippen LogP contribution in [0.3, 0.4) is 0 Å². The van der Waals surface area contributed by atoms with Crippen LogP contribution in [0, 0.1) is 0 Å². The summed E-state index contributed by atoms with van der Waals surface area (Å²) < 4.78 is 0. The molecule has 1 aliphatic heterocycles. The number of fused-ring (bicyclic) bond motifs is 1. The first kappa shape index (κ1) is 10.1. The van der Waals surface area contributed by atoms with Crippen LogP contribution in [-0.4, -0.2) is 21.0 Å². The monoisotopic (exact) mass is 207 g/mol. The molecule has 4 heteroatoms. The maximum atomic E-state index is 11.5. The Morgan fingerprint density at radius 2 is 1.73 bits per heavy atom. The molecular weight excluding hydrogens is 194 g/mol. The van der Waals surface area contributed by atoms with Crippen molar-refractivity contribution in [3.05, 3.63) is 35.4 Å². The van der Waals surface area contributed by atoms with Gasteiger partial charge in [-0.2, -0.15) is 0 Å². The zero-order chi connectivity index (χ0) is 11.0. The molecule has 0 aromatic heterocycles. The fourth-order valence-corrected chi connectivity index (χ4v) is 1.87. The Labute approximate surface area is 87.8 Å². The average Bonchev–Trinajstić information content (AvgIpc) is 2.52. The maximum absolute atomic E-state index is 11.5. The number of amides is 1. The van der Waals surface area contributed by atoms with Crippen LogP contribution in [0.25, 0.3) is 0 Å². The Hall–Kier alpha value is -1.39. The molecule has 1 amide bonds. The number of aliphatic hydroxyl groups is 2. The highest BCUT2D eigenvalue weighted by molar-refractivity contribution is 5.77. The lowest BCUT2D eigenvalue weighted by Crippen LogP contribution is -2.32. The SMILES string of the molecule is CCC(=O)N1C(O)c2ccccc2C1O. The number of nitrogens with zero attached hydrogens (tertiary/aromatic N) is 1. The van der Waals surface area contributed by atoms with Gasteiger partial charge in [0.05, 0.1) is 0 Å². The summed E-state index contributed by atoms with van der Waals surface area (Å²) in [6, 6.07) is 6.97. The van der Waals surface area contributed by atoms with Crippen LogP contribution in [0.2, 0.25) is 0 Å². The molecule has 1 aliphatic rings. The van der Waals surface area contributed by atoms with E-state index < -0.39 is 12.5 Å². The van der Waals surface area contributed by atoms with E-state index in [-0.39, 0.29) is 12.3 Å². The third-order valence-electron chi connectivity index (χ3n) is 2.67. The molecule has 15 heavy (non-hydrogen) atoms. The van der Waals surface area contributed by atoms with Gasteiger partial charge in [-0.15, -0.1) is 0 Å². The van der Waals surface area contributed by atoms with Crippen molar-refractivity contribution in [3.63, 3.8) is 0 Å². The fourth-order valence-electron chi connectivity index (χ4n) is 1.87. The number of aliphatic hydroxyl groups excluding tert-OH is 2. The summed E-state index contributed by atoms with van der Waals surface area (Å²) in [6.07, 6.45) is -1.78. The Morgan fingerprint density at radius 3 is 2.13 bits per heavy atom. The van der Waals surface area contributed by atoms with Crippen LogP contribution < -0.4 is 0 Å². The van der Waals surface area contributed by atoms with Gasteiger partial charge in [0, 0.05) is 17.5 Å². The number of hydrogen-bond acceptors (Lipinski definition) is 3. The van der Waals surface area contributed by atoms with Crippen LogP contribution >= 0.6 is 0 Å². The van der Waals surface area contributed by atoms with E-state index in [4.69, 9.17) is 0 Å². The molecule has 1 aromatic rings. The van der Waals surface area contributed by atoms with Gasteiger partial charge >= 0.3 is 0 Å². The third kappa shape index (κ3) is 1.42. The van der Waals surface area contributed by atoms with E-state index in [1.165, 1.54) is 0 Å². The van der Waals surface area contributed by atoms with E-state index in [2.05, 4.69) is 0 Å². The molecule has 2 unspecified atom stereocenters. The second-order valence-corrected chi connectivity index (χ2v) is 3.53. The Bertz CT molecular complexity index is 362. The molecule has 0 radical (unpaired) electrons. The Balaban J connectivity index is 2.40. The zero-order valence-electron chi connectivity index (χ0n) is 8.42. The molecular formula is C11H13NO3. The molecule has 0 bridgehead atoms. The van der Waals surface area contributed by atoms with Crippen LogP contribution in [0.1, 0.15) is 36.9 Å². The molecule has 0 saturated carbocycles. The number of rotatable bonds is 1. The highest BCUT2D eigenvalue weighted by atomic mass is 16.3. The van der Waals surface area contributed by atoms with E-state index in [0.717, 1.165) is 4.90 Å². The van der Waals surface area contributed by atoms with E-state index in [0.29, 0.717) is 11.1 Å². The predicted octanol–water partition coefficient (Wildman–Crippen LogP) is 0.921. The summed E-state index contributed by atoms with van der Waals surface area (Å²) >= 11 is 0. The first-order valence-electron chi connectivity index (χ1n) is 4.93. The molecule has 0 fully saturated rings. The van der Waals surface area contributed by atoms with Crippen molar-refractivity contribution >= 4 is 5.91 Å². The summed E-state index contributed by atoms with van der Waals surface area (Å²) in [7, 11) is 0. The molecule has 0 saturated heterocycles. The minimum absolute atomic E-state index is 0.258. The standard InChI is InChI=1S/C11H13NO3/c1-2-9(13)12-10(14)7-5-3-4-6-8(7)11(12)15/h3-6,10-11,14-15H,2H2,1H3. The minimum atomic E-state index is -1.02. The van der Waals surface area contributed by atoms with Crippen LogP contribution in [-0.2, 0) is 4.79 Å². The van der Waals surface area contributed by atoms with Crippen LogP contribution in [0.5, 0.6) is 0 Å². The summed E-state index contributed by atoms with van der Waals surface area (Å²) in [6.45, 7) is 1.70. The second kappa shape index (κ2) is 3.64. The van der Waals surface area contributed by atoms with Crippen LogP contribution in [0.15, 0.2) is 24.3 Å². The van der Waals surface area contributed by atoms with Gasteiger partial charge in [-0.05, 0) is 0 Å². The number of carbonyl (C=O) groups excluding carboxylic acids is 1. The smallest absolute Gasteiger partial charge is 0.226 e. The summed E-state index contributed by atoms with van der Waals surface area (Å²) in [4.78, 5) is 12.6. The molecule has 0 aliphatic carbocycles. The first-order chi connectivity index (χ1) is 7.16. The predicted molar refractivity (Wildman–Crippen MR) is 53.5 cm³/mol. The number of hydrogen-bond donors (Lipinski definition) is 2. The molecule has 2 N–H and O–H groups in total. The summed E-state index contributed by atoms with van der Waals surface area (Å²) in [5.74, 6) is -0.258. The van der Waals surface area contributed by atoms with E-state index in [1.807, 2.05) is 0 Å². The number of benzene rings is 1. The minimum Gasteiger partial charge on any atom is -0.369 e. The van der Waals surface area contributed by atoms with Gasteiger partial charge in [0.15, 0.2) is 12.5 Å². The van der Waals surface area contributed by atoms with Crippen molar-refractivity contribution in [2.75, 3.05) is 0 Å². The lowest BCUT2D eigenvalue weighted by molar-refractivity contribution is -0.156. The van der Waals surface area contributed by atoms with Gasteiger partial charge in [0.25, 0.3) is 0 Å². The topological polar surface area (TPSA) is 60.8 Å². The third-order valence-corrected chi connectivity index (χ3v) is 2.67. The Morgan fingerprint density at radius 1 is 1.27 bits per heavy atom. The van der Waals surface area contributed by atoms with Crippen molar-refractivity contribution in [1.82, 2.24) is 4.90 Å². The van der Waals surface area contributed by atoms with Gasteiger partial charge in [-0.25, -0.2) is 0 Å². The van der Waals surface area contributed by atoms with E-state index in [9.17, 15) is 15.0 Å². The van der Waals surface area contributed by atoms with Crippen molar-refractivity contribution < 1.29 is 15.0 Å². The maximum Gasteiger partial charge on any atom is 0.226 e. The summed E-state index contributed by atoms with van der Waals surface area (Å²) in [5.41, 5.74) is 1.21. The van der Waals surface area contributed by atoms with Gasteiger partial charge in [0.1, 0.15) is 0 Å². The summed E-state index contributed by atoms with van der Waals surface area (Å²) in [5, 5.41) is 19.7. The Kier molecular flexibility index (Phi) is 2.46. The molecule has 4 nitrogen and oxygen atoms in total. The molecule has 0 spiro atoms. The highest BCUT2D eigenvalue weighted by Gasteiger charge is 2.38. The van der Waals surface area contributed by atoms with E-state index in [1.54, 1.807) is 31.2 Å². The van der Waals surface area contributed by atoms with Gasteiger partial charge in [-0.1, -0.05) is 31.2 Å². The zero-order valence-corrected chi connectivity index (χ0v) is 8.42. The molecule has 2 atom stereocenters. The van der Waals surface area contributed by atoms with Gasteiger partial charge in [0.2, 0.25) is 5.91 Å². The number of carbonyl (C=O) groups is 1. The largest absolute Gasteiger partial charge is 0.369 e. The van der Waals surface area contributed by atoms with Gasteiger partial charge in [-0.3, -0.25) is 9.69 Å². The highest BCUT2D eigenvalue weighted by Crippen LogP contribution is 2.38. The second-order valence-electron chi connectivity index (χ2n) is 3.53. The fraction of sp³-hybridized carbons (Fsp3) is 0.364. The molecule has 1 aromatic carbocycles. The molecule has 1 heterocycles. The van der Waals surface area contributed by atoms with E-state index >= 15 is 0 Å². The van der Waals surface area contributed by atoms with Crippen molar-refractivity contribution in [1.29, 1.82) is 0 Å². The molecule has 2 rings (SSSR count).